The van der Waals surface area contributed by atoms with E-state index >= 15 is 0 Å². The molecule has 0 unspecified atom stereocenters. The van der Waals surface area contributed by atoms with Gasteiger partial charge in [-0.15, -0.1) is 0 Å². The Morgan fingerprint density at radius 2 is 1.86 bits per heavy atom. The predicted octanol–water partition coefficient (Wildman–Crippen LogP) is -0.404. The lowest BCUT2D eigenvalue weighted by molar-refractivity contribution is -0.384. The van der Waals surface area contributed by atoms with E-state index in [1.807, 2.05) is 0 Å². The first-order chi connectivity index (χ1) is 13.2. The number of hydrogen-bond acceptors (Lipinski definition) is 10. The van der Waals surface area contributed by atoms with Gasteiger partial charge in [-0.2, -0.15) is 0 Å². The van der Waals surface area contributed by atoms with Crippen LogP contribution < -0.4 is 0 Å². The summed E-state index contributed by atoms with van der Waals surface area (Å²) in [7, 11) is 0. The van der Waals surface area contributed by atoms with Crippen molar-refractivity contribution in [3.05, 3.63) is 44.8 Å². The molecule has 12 heteroatoms. The number of thiocarbonyl (C=S) groups is 1. The van der Waals surface area contributed by atoms with Crippen molar-refractivity contribution in [2.45, 2.75) is 30.6 Å². The molecule has 0 aliphatic carbocycles. The van der Waals surface area contributed by atoms with Crippen molar-refractivity contribution in [1.82, 2.24) is 4.90 Å². The average molecular weight is 428 g/mol. The smallest absolute Gasteiger partial charge is 0.269 e. The van der Waals surface area contributed by atoms with E-state index in [2.05, 4.69) is 0 Å². The fourth-order valence-corrected chi connectivity index (χ4v) is 4.15. The molecular formula is C16H16N2O8S2. The number of aliphatic hydroxyl groups excluding tert-OH is 4. The number of carbonyl (C=O) groups is 1. The third-order valence-corrected chi connectivity index (χ3v) is 5.68. The average Bonchev–Trinajstić information content (AvgIpc) is 2.94. The molecule has 1 amide bonds. The van der Waals surface area contributed by atoms with Crippen molar-refractivity contribution in [3.63, 3.8) is 0 Å². The number of ether oxygens (including phenoxy) is 1. The minimum Gasteiger partial charge on any atom is -0.394 e. The van der Waals surface area contributed by atoms with Gasteiger partial charge in [-0.05, 0) is 23.8 Å². The summed E-state index contributed by atoms with van der Waals surface area (Å²) in [6, 6.07) is 5.53. The summed E-state index contributed by atoms with van der Waals surface area (Å²) in [6.07, 6.45) is -5.91. The second kappa shape index (κ2) is 8.21. The molecule has 10 nitrogen and oxygen atoms in total. The van der Waals surface area contributed by atoms with Gasteiger partial charge in [-0.25, -0.2) is 0 Å². The largest absolute Gasteiger partial charge is 0.394 e. The van der Waals surface area contributed by atoms with Crippen molar-refractivity contribution < 1.29 is 34.9 Å². The highest BCUT2D eigenvalue weighted by Crippen LogP contribution is 2.37. The van der Waals surface area contributed by atoms with Crippen molar-refractivity contribution >= 4 is 46.0 Å². The molecule has 3 rings (SSSR count). The summed E-state index contributed by atoms with van der Waals surface area (Å²) in [5.74, 6) is -0.599. The van der Waals surface area contributed by atoms with Crippen LogP contribution in [0.15, 0.2) is 29.2 Å². The molecule has 0 radical (unpaired) electrons. The Balaban J connectivity index is 1.84. The quantitative estimate of drug-likeness (QED) is 0.215. The number of nitro groups is 1. The fourth-order valence-electron chi connectivity index (χ4n) is 2.84. The number of nitro benzene ring substituents is 1. The van der Waals surface area contributed by atoms with E-state index in [0.717, 1.165) is 16.7 Å². The molecule has 0 bridgehead atoms. The van der Waals surface area contributed by atoms with Crippen LogP contribution in [-0.4, -0.2) is 77.7 Å². The molecule has 150 valence electrons. The van der Waals surface area contributed by atoms with Gasteiger partial charge in [0.25, 0.3) is 11.6 Å². The molecule has 2 saturated heterocycles. The van der Waals surface area contributed by atoms with E-state index < -0.39 is 48.1 Å². The zero-order valence-corrected chi connectivity index (χ0v) is 15.7. The Morgan fingerprint density at radius 3 is 2.43 bits per heavy atom. The lowest BCUT2D eigenvalue weighted by Gasteiger charge is -2.42. The van der Waals surface area contributed by atoms with Crippen LogP contribution >= 0.6 is 24.0 Å². The highest BCUT2D eigenvalue weighted by Gasteiger charge is 2.50. The molecule has 0 saturated carbocycles. The first-order valence-electron chi connectivity index (χ1n) is 8.06. The number of rotatable bonds is 4. The zero-order valence-electron chi connectivity index (χ0n) is 14.1. The van der Waals surface area contributed by atoms with Crippen LogP contribution in [0.3, 0.4) is 0 Å². The van der Waals surface area contributed by atoms with E-state index in [9.17, 15) is 35.3 Å². The summed E-state index contributed by atoms with van der Waals surface area (Å²) < 4.78 is 5.45. The Hall–Kier alpha value is -1.93. The molecular weight excluding hydrogens is 412 g/mol. The Labute approximate surface area is 168 Å². The first kappa shape index (κ1) is 20.8. The van der Waals surface area contributed by atoms with E-state index in [0.29, 0.717) is 5.56 Å². The summed E-state index contributed by atoms with van der Waals surface area (Å²) >= 11 is 6.11. The highest BCUT2D eigenvalue weighted by atomic mass is 32.2. The molecule has 2 aliphatic heterocycles. The van der Waals surface area contributed by atoms with Crippen LogP contribution in [-0.2, 0) is 9.53 Å². The molecule has 4 N–H and O–H groups in total. The summed E-state index contributed by atoms with van der Waals surface area (Å²) in [6.45, 7) is -0.630. The van der Waals surface area contributed by atoms with Crippen LogP contribution in [0.4, 0.5) is 5.69 Å². The second-order valence-corrected chi connectivity index (χ2v) is 7.80. The number of aliphatic hydroxyl groups is 4. The fraction of sp³-hybridized carbons (Fsp3) is 0.375. The minimum absolute atomic E-state index is 0.0579. The molecule has 0 spiro atoms. The van der Waals surface area contributed by atoms with Crippen molar-refractivity contribution in [1.29, 1.82) is 0 Å². The standard InChI is InChI=1S/C16H16N2O8S2/c19-6-9-11(20)12(21)13(22)15(26-9)17-14(23)10(28-16(17)27)5-7-1-3-8(4-2-7)18(24)25/h1-5,9,11-13,15,19-22H,6H2/b10-5-/t9-,11+,12+,13+,15+/m0/s1. The van der Waals surface area contributed by atoms with Gasteiger partial charge in [-0.3, -0.25) is 19.8 Å². The van der Waals surface area contributed by atoms with Crippen LogP contribution in [0.25, 0.3) is 6.08 Å². The first-order valence-corrected chi connectivity index (χ1v) is 9.29. The lowest BCUT2D eigenvalue weighted by atomic mass is 9.98. The van der Waals surface area contributed by atoms with Gasteiger partial charge in [0.05, 0.1) is 16.4 Å². The lowest BCUT2D eigenvalue weighted by Crippen LogP contribution is -2.63. The molecule has 5 atom stereocenters. The topological polar surface area (TPSA) is 154 Å². The van der Waals surface area contributed by atoms with Crippen molar-refractivity contribution in [3.8, 4) is 0 Å². The number of benzene rings is 1. The Morgan fingerprint density at radius 1 is 1.21 bits per heavy atom. The van der Waals surface area contributed by atoms with E-state index in [1.54, 1.807) is 0 Å². The third kappa shape index (κ3) is 3.80. The van der Waals surface area contributed by atoms with Crippen molar-refractivity contribution in [2.75, 3.05) is 6.61 Å². The maximum Gasteiger partial charge on any atom is 0.269 e. The van der Waals surface area contributed by atoms with E-state index in [4.69, 9.17) is 17.0 Å². The zero-order chi connectivity index (χ0) is 20.6. The van der Waals surface area contributed by atoms with Gasteiger partial charge in [0, 0.05) is 12.1 Å². The molecule has 1 aromatic rings. The highest BCUT2D eigenvalue weighted by molar-refractivity contribution is 8.26. The van der Waals surface area contributed by atoms with Crippen LogP contribution in [0, 0.1) is 10.1 Å². The van der Waals surface area contributed by atoms with Crippen LogP contribution in [0.5, 0.6) is 0 Å². The monoisotopic (exact) mass is 428 g/mol. The number of hydrogen-bond donors (Lipinski definition) is 4. The van der Waals surface area contributed by atoms with Gasteiger partial charge >= 0.3 is 0 Å². The number of carbonyl (C=O) groups excluding carboxylic acids is 1. The third-order valence-electron chi connectivity index (χ3n) is 4.35. The number of thioether (sulfide) groups is 1. The molecule has 28 heavy (non-hydrogen) atoms. The Kier molecular flexibility index (Phi) is 6.09. The summed E-state index contributed by atoms with van der Waals surface area (Å²) in [4.78, 5) is 24.1. The second-order valence-electron chi connectivity index (χ2n) is 6.12. The molecule has 2 fully saturated rings. The molecule has 2 heterocycles. The van der Waals surface area contributed by atoms with Gasteiger partial charge in [0.1, 0.15) is 24.4 Å². The number of amides is 1. The van der Waals surface area contributed by atoms with Gasteiger partial charge in [-0.1, -0.05) is 24.0 Å². The molecule has 1 aromatic carbocycles. The van der Waals surface area contributed by atoms with Crippen LogP contribution in [0.1, 0.15) is 5.56 Å². The SMILES string of the molecule is O=C1/C(=C/c2ccc([N+](=O)[O-])cc2)SC(=S)N1[C@@H]1O[C@@H](CO)[C@@H](O)[C@@H](O)[C@H]1O. The van der Waals surface area contributed by atoms with Gasteiger partial charge in [0.15, 0.2) is 10.5 Å². The Bertz CT molecular complexity index is 828. The van der Waals surface area contributed by atoms with Crippen molar-refractivity contribution in [2.24, 2.45) is 0 Å². The van der Waals surface area contributed by atoms with Gasteiger partial charge in [0.2, 0.25) is 0 Å². The van der Waals surface area contributed by atoms with E-state index in [1.165, 1.54) is 30.3 Å². The predicted molar refractivity (Wildman–Crippen MR) is 102 cm³/mol. The van der Waals surface area contributed by atoms with E-state index in [-0.39, 0.29) is 14.9 Å². The number of non-ortho nitro benzene ring substituents is 1. The summed E-state index contributed by atoms with van der Waals surface area (Å²) in [5, 5.41) is 50.0. The number of nitrogens with zero attached hydrogens (tertiary/aromatic N) is 2. The normalized spacial score (nSPS) is 32.2. The molecule has 0 aromatic heterocycles. The van der Waals surface area contributed by atoms with Crippen LogP contribution in [0.2, 0.25) is 0 Å². The molecule has 2 aliphatic rings. The minimum atomic E-state index is -1.64. The maximum absolute atomic E-state index is 12.8. The summed E-state index contributed by atoms with van der Waals surface area (Å²) in [5.41, 5.74) is 0.436. The maximum atomic E-state index is 12.8. The van der Waals surface area contributed by atoms with Gasteiger partial charge < -0.3 is 25.2 Å².